The average molecular weight is 231 g/mol. The quantitative estimate of drug-likeness (QED) is 0.804. The first-order chi connectivity index (χ1) is 6.91. The highest BCUT2D eigenvalue weighted by Gasteiger charge is 2.29. The fourth-order valence-electron chi connectivity index (χ4n) is 1.94. The third-order valence-electron chi connectivity index (χ3n) is 2.85. The zero-order valence-corrected chi connectivity index (χ0v) is 10.6. The Morgan fingerprint density at radius 2 is 2.27 bits per heavy atom. The van der Waals surface area contributed by atoms with Gasteiger partial charge in [0.2, 0.25) is 0 Å². The van der Waals surface area contributed by atoms with Gasteiger partial charge in [0.05, 0.1) is 0 Å². The molecular formula is C11H21NO2S. The van der Waals surface area contributed by atoms with Gasteiger partial charge in [-0.1, -0.05) is 0 Å². The molecule has 1 heterocycles. The second kappa shape index (κ2) is 5.21. The van der Waals surface area contributed by atoms with Crippen molar-refractivity contribution >= 4 is 17.7 Å². The summed E-state index contributed by atoms with van der Waals surface area (Å²) in [4.78, 5) is 12.9. The summed E-state index contributed by atoms with van der Waals surface area (Å²) in [6.45, 7) is 8.81. The molecule has 1 fully saturated rings. The Bertz CT molecular complexity index is 231. The summed E-state index contributed by atoms with van der Waals surface area (Å²) >= 11 is 2.01. The molecule has 0 aromatic heterocycles. The van der Waals surface area contributed by atoms with Crippen LogP contribution in [-0.4, -0.2) is 45.6 Å². The maximum atomic E-state index is 10.5. The molecule has 1 unspecified atom stereocenters. The van der Waals surface area contributed by atoms with E-state index in [9.17, 15) is 4.79 Å². The summed E-state index contributed by atoms with van der Waals surface area (Å²) in [6.07, 6.45) is 1.04. The van der Waals surface area contributed by atoms with Gasteiger partial charge < -0.3 is 5.11 Å². The van der Waals surface area contributed by atoms with Crippen LogP contribution in [0.5, 0.6) is 0 Å². The summed E-state index contributed by atoms with van der Waals surface area (Å²) in [5.74, 6) is 0.470. The second-order valence-corrected chi connectivity index (χ2v) is 6.66. The molecule has 0 radical (unpaired) electrons. The van der Waals surface area contributed by atoms with E-state index in [1.807, 2.05) is 11.8 Å². The summed E-state index contributed by atoms with van der Waals surface area (Å²) in [5.41, 5.74) is 0. The molecule has 1 atom stereocenters. The lowest BCUT2D eigenvalue weighted by Gasteiger charge is -2.40. The Morgan fingerprint density at radius 1 is 1.60 bits per heavy atom. The third-order valence-corrected chi connectivity index (χ3v) is 4.15. The normalized spacial score (nSPS) is 23.7. The third kappa shape index (κ3) is 4.43. The number of nitrogens with zero attached hydrogens (tertiary/aromatic N) is 1. The van der Waals surface area contributed by atoms with Gasteiger partial charge in [-0.15, -0.1) is 0 Å². The Kier molecular flexibility index (Phi) is 4.46. The van der Waals surface area contributed by atoms with Crippen molar-refractivity contribution in [2.45, 2.75) is 44.4 Å². The summed E-state index contributed by atoms with van der Waals surface area (Å²) in [7, 11) is 0. The van der Waals surface area contributed by atoms with Crippen molar-refractivity contribution in [1.29, 1.82) is 0 Å². The molecule has 1 aliphatic heterocycles. The van der Waals surface area contributed by atoms with Gasteiger partial charge in [0.1, 0.15) is 0 Å². The van der Waals surface area contributed by atoms with Gasteiger partial charge in [-0.05, 0) is 27.2 Å². The maximum absolute atomic E-state index is 10.5. The van der Waals surface area contributed by atoms with Crippen LogP contribution in [0.25, 0.3) is 0 Å². The number of rotatable bonds is 4. The molecular weight excluding hydrogens is 210 g/mol. The maximum Gasteiger partial charge on any atom is 0.303 e. The van der Waals surface area contributed by atoms with Gasteiger partial charge in [-0.25, -0.2) is 0 Å². The molecule has 1 N–H and O–H groups in total. The SMILES string of the molecule is CC(CCC(=O)O)N1CCSC(C)(C)C1. The highest BCUT2D eigenvalue weighted by atomic mass is 32.2. The van der Waals surface area contributed by atoms with E-state index in [4.69, 9.17) is 5.11 Å². The van der Waals surface area contributed by atoms with Crippen molar-refractivity contribution in [1.82, 2.24) is 4.90 Å². The minimum atomic E-state index is -0.688. The predicted molar refractivity (Wildman–Crippen MR) is 64.4 cm³/mol. The van der Waals surface area contributed by atoms with E-state index in [1.54, 1.807) is 0 Å². The van der Waals surface area contributed by atoms with Crippen molar-refractivity contribution in [3.63, 3.8) is 0 Å². The lowest BCUT2D eigenvalue weighted by molar-refractivity contribution is -0.137. The molecule has 1 rings (SSSR count). The first kappa shape index (κ1) is 12.8. The molecule has 0 spiro atoms. The summed E-state index contributed by atoms with van der Waals surface area (Å²) < 4.78 is 0.315. The highest BCUT2D eigenvalue weighted by Crippen LogP contribution is 2.30. The van der Waals surface area contributed by atoms with E-state index in [-0.39, 0.29) is 6.42 Å². The van der Waals surface area contributed by atoms with Crippen molar-refractivity contribution in [2.75, 3.05) is 18.8 Å². The molecule has 15 heavy (non-hydrogen) atoms. The number of carbonyl (C=O) groups is 1. The van der Waals surface area contributed by atoms with E-state index in [1.165, 1.54) is 0 Å². The molecule has 0 aliphatic carbocycles. The van der Waals surface area contributed by atoms with E-state index < -0.39 is 5.97 Å². The minimum absolute atomic E-state index is 0.283. The first-order valence-corrected chi connectivity index (χ1v) is 6.49. The number of thioether (sulfide) groups is 1. The molecule has 0 aromatic rings. The van der Waals surface area contributed by atoms with Gasteiger partial charge in [-0.3, -0.25) is 9.69 Å². The van der Waals surface area contributed by atoms with Crippen LogP contribution in [0.1, 0.15) is 33.6 Å². The van der Waals surface area contributed by atoms with Crippen molar-refractivity contribution in [3.8, 4) is 0 Å². The monoisotopic (exact) mass is 231 g/mol. The van der Waals surface area contributed by atoms with Crippen LogP contribution in [0.3, 0.4) is 0 Å². The van der Waals surface area contributed by atoms with Crippen molar-refractivity contribution in [2.24, 2.45) is 0 Å². The van der Waals surface area contributed by atoms with Crippen LogP contribution in [0.2, 0.25) is 0 Å². The molecule has 0 saturated carbocycles. The standard InChI is InChI=1S/C11H21NO2S/c1-9(4-5-10(13)14)12-6-7-15-11(2,3)8-12/h9H,4-8H2,1-3H3,(H,13,14). The smallest absolute Gasteiger partial charge is 0.303 e. The molecule has 3 nitrogen and oxygen atoms in total. The molecule has 1 aliphatic rings. The van der Waals surface area contributed by atoms with E-state index in [0.29, 0.717) is 10.8 Å². The number of hydrogen-bond donors (Lipinski definition) is 1. The van der Waals surface area contributed by atoms with Gasteiger partial charge in [0.15, 0.2) is 0 Å². The Labute approximate surface area is 96.2 Å². The summed E-state index contributed by atoms with van der Waals surface area (Å²) in [6, 6.07) is 0.390. The zero-order chi connectivity index (χ0) is 11.5. The second-order valence-electron chi connectivity index (χ2n) is 4.86. The predicted octanol–water partition coefficient (Wildman–Crippen LogP) is 2.07. The fraction of sp³-hybridized carbons (Fsp3) is 0.909. The van der Waals surface area contributed by atoms with Crippen LogP contribution in [0, 0.1) is 0 Å². The van der Waals surface area contributed by atoms with Crippen LogP contribution in [0.15, 0.2) is 0 Å². The van der Waals surface area contributed by atoms with Crippen LogP contribution in [-0.2, 0) is 4.79 Å². The molecule has 0 amide bonds. The number of hydrogen-bond acceptors (Lipinski definition) is 3. The van der Waals surface area contributed by atoms with Gasteiger partial charge in [0.25, 0.3) is 0 Å². The molecule has 0 aromatic carbocycles. The van der Waals surface area contributed by atoms with Crippen LogP contribution in [0.4, 0.5) is 0 Å². The Hall–Kier alpha value is -0.220. The first-order valence-electron chi connectivity index (χ1n) is 5.50. The molecule has 1 saturated heterocycles. The molecule has 0 bridgehead atoms. The van der Waals surface area contributed by atoms with Gasteiger partial charge >= 0.3 is 5.97 Å². The lowest BCUT2D eigenvalue weighted by Crippen LogP contribution is -2.47. The number of carboxylic acids is 1. The topological polar surface area (TPSA) is 40.5 Å². The zero-order valence-electron chi connectivity index (χ0n) is 9.82. The molecule has 88 valence electrons. The van der Waals surface area contributed by atoms with Crippen molar-refractivity contribution in [3.05, 3.63) is 0 Å². The van der Waals surface area contributed by atoms with Gasteiger partial charge in [0, 0.05) is 36.1 Å². The molecule has 4 heteroatoms. The van der Waals surface area contributed by atoms with Crippen LogP contribution >= 0.6 is 11.8 Å². The number of aliphatic carboxylic acids is 1. The Morgan fingerprint density at radius 3 is 2.80 bits per heavy atom. The van der Waals surface area contributed by atoms with Gasteiger partial charge in [-0.2, -0.15) is 11.8 Å². The fourth-order valence-corrected chi connectivity index (χ4v) is 3.08. The van der Waals surface area contributed by atoms with E-state index in [0.717, 1.165) is 25.3 Å². The van der Waals surface area contributed by atoms with E-state index in [2.05, 4.69) is 25.7 Å². The van der Waals surface area contributed by atoms with Crippen molar-refractivity contribution < 1.29 is 9.90 Å². The van der Waals surface area contributed by atoms with E-state index >= 15 is 0 Å². The lowest BCUT2D eigenvalue weighted by atomic mass is 10.1. The average Bonchev–Trinajstić information content (AvgIpc) is 2.12. The number of carboxylic acid groups (broad SMARTS) is 1. The largest absolute Gasteiger partial charge is 0.481 e. The van der Waals surface area contributed by atoms with Crippen LogP contribution < -0.4 is 0 Å². The Balaban J connectivity index is 2.38. The summed E-state index contributed by atoms with van der Waals surface area (Å²) in [5, 5.41) is 8.64. The highest BCUT2D eigenvalue weighted by molar-refractivity contribution is 8.00. The minimum Gasteiger partial charge on any atom is -0.481 e.